The van der Waals surface area contributed by atoms with E-state index in [1.54, 1.807) is 11.0 Å². The van der Waals surface area contributed by atoms with E-state index in [9.17, 15) is 9.59 Å². The van der Waals surface area contributed by atoms with Gasteiger partial charge in [-0.25, -0.2) is 4.79 Å². The van der Waals surface area contributed by atoms with E-state index >= 15 is 0 Å². The highest BCUT2D eigenvalue weighted by molar-refractivity contribution is 6.33. The van der Waals surface area contributed by atoms with Gasteiger partial charge in [0.2, 0.25) is 0 Å². The number of fused-ring (bicyclic) bond motifs is 2. The van der Waals surface area contributed by atoms with Gasteiger partial charge in [-0.05, 0) is 51.0 Å². The lowest BCUT2D eigenvalue weighted by Crippen LogP contribution is -2.37. The molecule has 2 aliphatic heterocycles. The number of nitrogens with zero attached hydrogens (tertiary/aromatic N) is 1. The van der Waals surface area contributed by atoms with Crippen LogP contribution in [0, 0.1) is 17.8 Å². The Morgan fingerprint density at radius 1 is 1.32 bits per heavy atom. The fourth-order valence-corrected chi connectivity index (χ4v) is 4.78. The molecule has 2 atom stereocenters. The van der Waals surface area contributed by atoms with Gasteiger partial charge in [-0.3, -0.25) is 4.79 Å². The van der Waals surface area contributed by atoms with Crippen LogP contribution >= 0.6 is 11.6 Å². The number of halogens is 1. The molecule has 7 heteroatoms. The van der Waals surface area contributed by atoms with Crippen LogP contribution in [0.2, 0.25) is 5.02 Å². The highest BCUT2D eigenvalue weighted by Gasteiger charge is 2.56. The maximum atomic E-state index is 12.8. The molecule has 6 nitrogen and oxygen atoms in total. The number of nitrogens with two attached hydrogens (primary N) is 1. The molecule has 0 aromatic heterocycles. The Balaban J connectivity index is 1.31. The van der Waals surface area contributed by atoms with Gasteiger partial charge in [0, 0.05) is 31.5 Å². The van der Waals surface area contributed by atoms with Crippen molar-refractivity contribution in [1.29, 1.82) is 0 Å². The van der Waals surface area contributed by atoms with Gasteiger partial charge in [0.1, 0.15) is 11.4 Å². The quantitative estimate of drug-likeness (QED) is 0.605. The average Bonchev–Trinajstić information content (AvgIpc) is 3.00. The van der Waals surface area contributed by atoms with Crippen LogP contribution in [-0.4, -0.2) is 42.1 Å². The summed E-state index contributed by atoms with van der Waals surface area (Å²) < 4.78 is 11.1. The number of carbonyl (C=O) groups excluding carboxylic acids is 2. The van der Waals surface area contributed by atoms with E-state index in [-0.39, 0.29) is 11.9 Å². The van der Waals surface area contributed by atoms with E-state index < -0.39 is 5.60 Å². The third kappa shape index (κ3) is 3.54. The van der Waals surface area contributed by atoms with Crippen LogP contribution < -0.4 is 10.5 Å². The fourth-order valence-electron chi connectivity index (χ4n) is 4.56. The molecule has 3 aliphatic rings. The number of rotatable bonds is 4. The normalized spacial score (nSPS) is 25.1. The Hall–Kier alpha value is -1.95. The molecule has 2 unspecified atom stereocenters. The van der Waals surface area contributed by atoms with Gasteiger partial charge >= 0.3 is 6.09 Å². The minimum absolute atomic E-state index is 0.0500. The molecule has 0 bridgehead atoms. The second-order valence-electron chi connectivity index (χ2n) is 9.06. The van der Waals surface area contributed by atoms with Crippen molar-refractivity contribution in [2.24, 2.45) is 17.8 Å². The zero-order valence-corrected chi connectivity index (χ0v) is 17.3. The van der Waals surface area contributed by atoms with Crippen LogP contribution in [0.4, 0.5) is 10.5 Å². The Labute approximate surface area is 170 Å². The first-order valence-corrected chi connectivity index (χ1v) is 10.3. The summed E-state index contributed by atoms with van der Waals surface area (Å²) in [5.41, 5.74) is 7.45. The molecule has 1 aromatic carbocycles. The number of carbonyl (C=O) groups is 2. The number of hydrogen-bond donors (Lipinski definition) is 1. The summed E-state index contributed by atoms with van der Waals surface area (Å²) in [4.78, 5) is 26.7. The minimum Gasteiger partial charge on any atom is -0.492 e. The van der Waals surface area contributed by atoms with Gasteiger partial charge in [0.25, 0.3) is 0 Å². The van der Waals surface area contributed by atoms with Crippen molar-refractivity contribution < 1.29 is 19.1 Å². The van der Waals surface area contributed by atoms with Gasteiger partial charge < -0.3 is 20.1 Å². The van der Waals surface area contributed by atoms with Gasteiger partial charge in [-0.1, -0.05) is 11.6 Å². The molecule has 2 heterocycles. The number of ether oxygens (including phenoxy) is 2. The number of amides is 1. The number of nitrogen functional groups attached to an aromatic ring is 1. The minimum atomic E-state index is -0.474. The number of benzene rings is 1. The third-order valence-corrected chi connectivity index (χ3v) is 6.31. The number of Topliss-reactive ketones (excluding diaryl/α,β-unsaturated/α-hetero) is 1. The smallest absolute Gasteiger partial charge is 0.410 e. The standard InChI is InChI=1S/C21H27ClN2O4/c1-21(2,3)28-20(26)24-9-14-11(15(14)10-24)4-5-17(25)13-8-16(22)18(23)12-6-7-27-19(12)13/h8,11,14-15H,4-7,9-10,23H2,1-3H3. The molecule has 1 saturated carbocycles. The lowest BCUT2D eigenvalue weighted by Gasteiger charge is -2.25. The second-order valence-corrected chi connectivity index (χ2v) is 9.47. The largest absolute Gasteiger partial charge is 0.492 e. The Bertz CT molecular complexity index is 821. The first kappa shape index (κ1) is 19.4. The molecule has 28 heavy (non-hydrogen) atoms. The number of ketones is 1. The first-order valence-electron chi connectivity index (χ1n) is 9.90. The van der Waals surface area contributed by atoms with Crippen LogP contribution in [0.5, 0.6) is 5.75 Å². The SMILES string of the molecule is CC(C)(C)OC(=O)N1CC2C(CCC(=O)c3cc(Cl)c(N)c4c3OCC4)C2C1. The molecule has 1 aliphatic carbocycles. The van der Waals surface area contributed by atoms with E-state index in [4.69, 9.17) is 26.8 Å². The topological polar surface area (TPSA) is 81.9 Å². The van der Waals surface area contributed by atoms with E-state index in [0.29, 0.717) is 59.2 Å². The summed E-state index contributed by atoms with van der Waals surface area (Å²) in [6, 6.07) is 1.64. The lowest BCUT2D eigenvalue weighted by molar-refractivity contribution is 0.0264. The zero-order valence-electron chi connectivity index (χ0n) is 16.6. The monoisotopic (exact) mass is 406 g/mol. The van der Waals surface area contributed by atoms with Gasteiger partial charge in [-0.15, -0.1) is 0 Å². The van der Waals surface area contributed by atoms with E-state index in [1.807, 2.05) is 20.8 Å². The molecular formula is C21H27ClN2O4. The third-order valence-electron chi connectivity index (χ3n) is 6.00. The molecule has 4 rings (SSSR count). The van der Waals surface area contributed by atoms with E-state index in [0.717, 1.165) is 25.1 Å². The lowest BCUT2D eigenvalue weighted by atomic mass is 9.99. The molecule has 1 aromatic rings. The molecule has 2 N–H and O–H groups in total. The number of hydrogen-bond acceptors (Lipinski definition) is 5. The summed E-state index contributed by atoms with van der Waals surface area (Å²) in [5.74, 6) is 2.13. The molecule has 1 saturated heterocycles. The molecule has 152 valence electrons. The molecule has 0 spiro atoms. The van der Waals surface area contributed by atoms with Crippen molar-refractivity contribution in [2.45, 2.75) is 45.6 Å². The van der Waals surface area contributed by atoms with Crippen molar-refractivity contribution in [3.63, 3.8) is 0 Å². The maximum Gasteiger partial charge on any atom is 0.410 e. The van der Waals surface area contributed by atoms with E-state index in [2.05, 4.69) is 0 Å². The highest BCUT2D eigenvalue weighted by atomic mass is 35.5. The zero-order chi connectivity index (χ0) is 20.2. The summed E-state index contributed by atoms with van der Waals surface area (Å²) in [5, 5.41) is 0.420. The summed E-state index contributed by atoms with van der Waals surface area (Å²) in [6.07, 6.45) is 1.74. The number of piperidine rings is 1. The number of anilines is 1. The van der Waals surface area contributed by atoms with Crippen LogP contribution in [0.1, 0.15) is 49.5 Å². The van der Waals surface area contributed by atoms with Crippen molar-refractivity contribution in [3.8, 4) is 5.75 Å². The van der Waals surface area contributed by atoms with Crippen molar-refractivity contribution >= 4 is 29.2 Å². The molecule has 2 fully saturated rings. The predicted octanol–water partition coefficient (Wildman–Crippen LogP) is 3.93. The predicted molar refractivity (Wildman–Crippen MR) is 107 cm³/mol. The summed E-state index contributed by atoms with van der Waals surface area (Å²) in [7, 11) is 0. The van der Waals surface area contributed by atoms with Gasteiger partial charge in [-0.2, -0.15) is 0 Å². The van der Waals surface area contributed by atoms with Crippen LogP contribution in [0.25, 0.3) is 0 Å². The summed E-state index contributed by atoms with van der Waals surface area (Å²) in [6.45, 7) is 7.61. The summed E-state index contributed by atoms with van der Waals surface area (Å²) >= 11 is 6.20. The van der Waals surface area contributed by atoms with Crippen LogP contribution in [-0.2, 0) is 11.2 Å². The van der Waals surface area contributed by atoms with Gasteiger partial charge in [0.05, 0.1) is 22.9 Å². The fraction of sp³-hybridized carbons (Fsp3) is 0.619. The molecule has 1 amide bonds. The highest BCUT2D eigenvalue weighted by Crippen LogP contribution is 2.54. The van der Waals surface area contributed by atoms with Crippen LogP contribution in [0.15, 0.2) is 6.07 Å². The molecular weight excluding hydrogens is 380 g/mol. The molecule has 0 radical (unpaired) electrons. The first-order chi connectivity index (χ1) is 13.2. The Morgan fingerprint density at radius 3 is 2.64 bits per heavy atom. The Kier molecular flexibility index (Phi) is 4.73. The van der Waals surface area contributed by atoms with Crippen LogP contribution in [0.3, 0.4) is 0 Å². The van der Waals surface area contributed by atoms with Gasteiger partial charge in [0.15, 0.2) is 5.78 Å². The maximum absolute atomic E-state index is 12.8. The van der Waals surface area contributed by atoms with E-state index in [1.165, 1.54) is 0 Å². The average molecular weight is 407 g/mol. The number of likely N-dealkylation sites (tertiary alicyclic amines) is 1. The van der Waals surface area contributed by atoms with Crippen molar-refractivity contribution in [2.75, 3.05) is 25.4 Å². The van der Waals surface area contributed by atoms with Crippen molar-refractivity contribution in [3.05, 3.63) is 22.2 Å². The Morgan fingerprint density at radius 2 is 2.00 bits per heavy atom. The van der Waals surface area contributed by atoms with Crippen molar-refractivity contribution in [1.82, 2.24) is 4.90 Å². The second kappa shape index (κ2) is 6.83.